The van der Waals surface area contributed by atoms with Gasteiger partial charge in [-0.1, -0.05) is 31.4 Å². The van der Waals surface area contributed by atoms with Crippen LogP contribution < -0.4 is 5.32 Å². The molecule has 5 nitrogen and oxygen atoms in total. The number of benzene rings is 1. The largest absolute Gasteiger partial charge is 0.352 e. The zero-order valence-electron chi connectivity index (χ0n) is 14.0. The van der Waals surface area contributed by atoms with E-state index in [9.17, 15) is 4.79 Å². The molecular formula is C18H24N4OS. The number of carbonyl (C=O) groups is 1. The van der Waals surface area contributed by atoms with Crippen LogP contribution in [0.5, 0.6) is 0 Å². The third kappa shape index (κ3) is 3.93. The summed E-state index contributed by atoms with van der Waals surface area (Å²) in [6.45, 7) is 0.538. The monoisotopic (exact) mass is 344 g/mol. The van der Waals surface area contributed by atoms with Gasteiger partial charge in [-0.05, 0) is 48.7 Å². The van der Waals surface area contributed by atoms with Gasteiger partial charge in [0.25, 0.3) is 5.91 Å². The fraction of sp³-hybridized carbons (Fsp3) is 0.500. The van der Waals surface area contributed by atoms with Gasteiger partial charge in [0, 0.05) is 25.6 Å². The molecule has 24 heavy (non-hydrogen) atoms. The number of carbonyl (C=O) groups excluding carboxylic acids is 1. The first-order valence-electron chi connectivity index (χ1n) is 8.63. The summed E-state index contributed by atoms with van der Waals surface area (Å²) in [5, 5.41) is 9.83. The first kappa shape index (κ1) is 16.9. The molecule has 1 aliphatic rings. The highest BCUT2D eigenvalue weighted by molar-refractivity contribution is 7.71. The summed E-state index contributed by atoms with van der Waals surface area (Å²) >= 11 is 5.08. The molecule has 0 spiro atoms. The van der Waals surface area contributed by atoms with Gasteiger partial charge in [0.05, 0.1) is 0 Å². The molecule has 0 aliphatic heterocycles. The Hall–Kier alpha value is -1.95. The maximum atomic E-state index is 12.2. The smallest absolute Gasteiger partial charge is 0.251 e. The predicted octanol–water partition coefficient (Wildman–Crippen LogP) is 3.50. The van der Waals surface area contributed by atoms with Gasteiger partial charge in [0.2, 0.25) is 0 Å². The van der Waals surface area contributed by atoms with Crippen LogP contribution in [0, 0.1) is 4.77 Å². The lowest BCUT2D eigenvalue weighted by Gasteiger charge is -2.22. The molecule has 0 saturated heterocycles. The maximum Gasteiger partial charge on any atom is 0.251 e. The van der Waals surface area contributed by atoms with Crippen LogP contribution in [0.2, 0.25) is 0 Å². The van der Waals surface area contributed by atoms with E-state index in [0.29, 0.717) is 29.2 Å². The van der Waals surface area contributed by atoms with Crippen LogP contribution in [-0.4, -0.2) is 27.2 Å². The third-order valence-electron chi connectivity index (χ3n) is 4.86. The molecule has 2 N–H and O–H groups in total. The first-order valence-corrected chi connectivity index (χ1v) is 9.04. The molecule has 3 rings (SSSR count). The molecule has 1 aromatic carbocycles. The van der Waals surface area contributed by atoms with Crippen molar-refractivity contribution >= 4 is 18.1 Å². The van der Waals surface area contributed by atoms with E-state index >= 15 is 0 Å². The Morgan fingerprint density at radius 1 is 1.29 bits per heavy atom. The average molecular weight is 344 g/mol. The Labute approximate surface area is 147 Å². The summed E-state index contributed by atoms with van der Waals surface area (Å²) in [4.78, 5) is 12.2. The number of aromatic nitrogens is 3. The van der Waals surface area contributed by atoms with Gasteiger partial charge in [0.1, 0.15) is 5.82 Å². The van der Waals surface area contributed by atoms with Crippen molar-refractivity contribution in [2.45, 2.75) is 44.4 Å². The summed E-state index contributed by atoms with van der Waals surface area (Å²) < 4.78 is 2.41. The van der Waals surface area contributed by atoms with Crippen molar-refractivity contribution in [1.29, 1.82) is 0 Å². The number of nitrogens with one attached hydrogen (secondary N) is 2. The molecule has 0 bridgehead atoms. The van der Waals surface area contributed by atoms with Crippen LogP contribution in [-0.2, 0) is 13.5 Å². The summed E-state index contributed by atoms with van der Waals surface area (Å²) in [5.41, 5.74) is 2.08. The van der Waals surface area contributed by atoms with Crippen molar-refractivity contribution in [3.05, 3.63) is 46.0 Å². The SMILES string of the molecule is Cn1c(CCNC(=O)c2ccc(C3CCCCC3)cc2)n[nH]c1=S. The van der Waals surface area contributed by atoms with E-state index in [4.69, 9.17) is 12.2 Å². The van der Waals surface area contributed by atoms with E-state index in [0.717, 1.165) is 5.82 Å². The number of hydrogen-bond acceptors (Lipinski definition) is 3. The lowest BCUT2D eigenvalue weighted by molar-refractivity contribution is 0.0954. The highest BCUT2D eigenvalue weighted by Crippen LogP contribution is 2.32. The van der Waals surface area contributed by atoms with E-state index < -0.39 is 0 Å². The normalized spacial score (nSPS) is 15.4. The lowest BCUT2D eigenvalue weighted by atomic mass is 9.84. The fourth-order valence-electron chi connectivity index (χ4n) is 3.34. The second-order valence-corrected chi connectivity index (χ2v) is 6.85. The third-order valence-corrected chi connectivity index (χ3v) is 5.22. The Balaban J connectivity index is 1.53. The van der Waals surface area contributed by atoms with Crippen LogP contribution in [0.15, 0.2) is 24.3 Å². The van der Waals surface area contributed by atoms with Crippen LogP contribution >= 0.6 is 12.2 Å². The fourth-order valence-corrected chi connectivity index (χ4v) is 3.49. The number of hydrogen-bond donors (Lipinski definition) is 2. The van der Waals surface area contributed by atoms with Gasteiger partial charge in [-0.25, -0.2) is 0 Å². The molecule has 0 radical (unpaired) electrons. The van der Waals surface area contributed by atoms with Gasteiger partial charge < -0.3 is 9.88 Å². The standard InChI is InChI=1S/C18H24N4OS/c1-22-16(20-21-18(22)24)11-12-19-17(23)15-9-7-14(8-10-15)13-5-3-2-4-6-13/h7-10,13H,2-6,11-12H2,1H3,(H,19,23)(H,21,24). The number of amides is 1. The Morgan fingerprint density at radius 3 is 2.62 bits per heavy atom. The molecule has 1 heterocycles. The van der Waals surface area contributed by atoms with E-state index in [2.05, 4.69) is 27.6 Å². The van der Waals surface area contributed by atoms with E-state index in [1.807, 2.05) is 23.7 Å². The van der Waals surface area contributed by atoms with Crippen molar-refractivity contribution in [3.63, 3.8) is 0 Å². The van der Waals surface area contributed by atoms with E-state index in [1.54, 1.807) is 0 Å². The Kier molecular flexibility index (Phi) is 5.45. The molecule has 0 atom stereocenters. The maximum absolute atomic E-state index is 12.2. The Morgan fingerprint density at radius 2 is 2.00 bits per heavy atom. The summed E-state index contributed by atoms with van der Waals surface area (Å²) in [6, 6.07) is 8.11. The quantitative estimate of drug-likeness (QED) is 0.816. The van der Waals surface area contributed by atoms with Crippen LogP contribution in [0.25, 0.3) is 0 Å². The molecule has 1 fully saturated rings. The number of H-pyrrole nitrogens is 1. The van der Waals surface area contributed by atoms with Gasteiger partial charge in [0.15, 0.2) is 4.77 Å². The van der Waals surface area contributed by atoms with Crippen LogP contribution in [0.4, 0.5) is 0 Å². The molecule has 2 aromatic rings. The number of aromatic amines is 1. The van der Waals surface area contributed by atoms with Gasteiger partial charge in [-0.15, -0.1) is 0 Å². The van der Waals surface area contributed by atoms with Crippen molar-refractivity contribution in [2.75, 3.05) is 6.54 Å². The molecule has 128 valence electrons. The molecule has 1 saturated carbocycles. The Bertz CT molecular complexity index is 741. The number of rotatable bonds is 5. The van der Waals surface area contributed by atoms with Crippen molar-refractivity contribution in [2.24, 2.45) is 7.05 Å². The van der Waals surface area contributed by atoms with Crippen LogP contribution in [0.3, 0.4) is 0 Å². The van der Waals surface area contributed by atoms with Crippen LogP contribution in [0.1, 0.15) is 59.8 Å². The average Bonchev–Trinajstić information content (AvgIpc) is 2.95. The zero-order valence-corrected chi connectivity index (χ0v) is 14.9. The first-order chi connectivity index (χ1) is 11.6. The van der Waals surface area contributed by atoms with Crippen molar-refractivity contribution in [1.82, 2.24) is 20.1 Å². The molecule has 1 amide bonds. The molecule has 1 aromatic heterocycles. The minimum absolute atomic E-state index is 0.0398. The minimum atomic E-state index is -0.0398. The van der Waals surface area contributed by atoms with Gasteiger partial charge in [-0.3, -0.25) is 9.89 Å². The molecular weight excluding hydrogens is 320 g/mol. The van der Waals surface area contributed by atoms with Crippen molar-refractivity contribution < 1.29 is 4.79 Å². The topological polar surface area (TPSA) is 62.7 Å². The second kappa shape index (κ2) is 7.75. The summed E-state index contributed by atoms with van der Waals surface area (Å²) in [7, 11) is 1.87. The van der Waals surface area contributed by atoms with E-state index in [-0.39, 0.29) is 5.91 Å². The van der Waals surface area contributed by atoms with E-state index in [1.165, 1.54) is 37.7 Å². The molecule has 1 aliphatic carbocycles. The van der Waals surface area contributed by atoms with Gasteiger partial charge >= 0.3 is 0 Å². The lowest BCUT2D eigenvalue weighted by Crippen LogP contribution is -2.26. The summed E-state index contributed by atoms with van der Waals surface area (Å²) in [6.07, 6.45) is 7.20. The molecule has 0 unspecified atom stereocenters. The number of nitrogens with zero attached hydrogens (tertiary/aromatic N) is 2. The summed E-state index contributed by atoms with van der Waals surface area (Å²) in [5.74, 6) is 1.47. The zero-order chi connectivity index (χ0) is 16.9. The van der Waals surface area contributed by atoms with Gasteiger partial charge in [-0.2, -0.15) is 5.10 Å². The van der Waals surface area contributed by atoms with Crippen molar-refractivity contribution in [3.8, 4) is 0 Å². The highest BCUT2D eigenvalue weighted by Gasteiger charge is 2.15. The second-order valence-electron chi connectivity index (χ2n) is 6.47. The molecule has 6 heteroatoms. The predicted molar refractivity (Wildman–Crippen MR) is 96.7 cm³/mol. The minimum Gasteiger partial charge on any atom is -0.352 e. The highest BCUT2D eigenvalue weighted by atomic mass is 32.1.